The fourth-order valence-electron chi connectivity index (χ4n) is 2.61. The number of hydrogen-bond donors (Lipinski definition) is 2. The normalized spacial score (nSPS) is 19.7. The number of carbonyl (C=O) groups is 2. The van der Waals surface area contributed by atoms with E-state index in [2.05, 4.69) is 10.6 Å². The van der Waals surface area contributed by atoms with Crippen molar-refractivity contribution >= 4 is 27.3 Å². The first-order chi connectivity index (χ1) is 11.2. The van der Waals surface area contributed by atoms with Gasteiger partial charge in [-0.2, -0.15) is 0 Å². The minimum Gasteiger partial charge on any atom is -0.351 e. The smallest absolute Gasteiger partial charge is 0.239 e. The fraction of sp³-hybridized carbons (Fsp3) is 0.529. The van der Waals surface area contributed by atoms with Crippen LogP contribution in [-0.2, 0) is 25.8 Å². The Morgan fingerprint density at radius 2 is 1.88 bits per heavy atom. The molecule has 1 heterocycles. The standard InChI is InChI=1S/C17H24N2O4S/c1-4-12-7-5-6-8-14(12)19-16(21)17(2,3)15(20)18-13-9-10-24(22,23)11-13/h5-8,13H,4,9-11H2,1-3H3,(H,18,20)(H,19,21). The number of nitrogens with one attached hydrogen (secondary N) is 2. The fourth-order valence-corrected chi connectivity index (χ4v) is 4.28. The van der Waals surface area contributed by atoms with E-state index >= 15 is 0 Å². The number of hydrogen-bond acceptors (Lipinski definition) is 4. The molecule has 2 amide bonds. The molecule has 7 heteroatoms. The van der Waals surface area contributed by atoms with Crippen molar-refractivity contribution in [3.63, 3.8) is 0 Å². The number of para-hydroxylation sites is 1. The lowest BCUT2D eigenvalue weighted by Crippen LogP contribution is -2.49. The Labute approximate surface area is 142 Å². The molecule has 1 aromatic carbocycles. The summed E-state index contributed by atoms with van der Waals surface area (Å²) in [5, 5.41) is 5.50. The van der Waals surface area contributed by atoms with Crippen LogP contribution in [-0.4, -0.2) is 37.8 Å². The van der Waals surface area contributed by atoms with Crippen LogP contribution in [0.1, 0.15) is 32.8 Å². The third-order valence-electron chi connectivity index (χ3n) is 4.35. The molecule has 1 atom stereocenters. The summed E-state index contributed by atoms with van der Waals surface area (Å²) in [5.41, 5.74) is 0.381. The highest BCUT2D eigenvalue weighted by Crippen LogP contribution is 2.23. The molecule has 0 aliphatic carbocycles. The van der Waals surface area contributed by atoms with E-state index in [1.165, 1.54) is 13.8 Å². The van der Waals surface area contributed by atoms with Crippen molar-refractivity contribution in [1.82, 2.24) is 5.32 Å². The lowest BCUT2D eigenvalue weighted by molar-refractivity contribution is -0.138. The molecule has 2 rings (SSSR count). The minimum absolute atomic E-state index is 0.0604. The van der Waals surface area contributed by atoms with E-state index in [1.807, 2.05) is 25.1 Å². The third kappa shape index (κ3) is 4.14. The SMILES string of the molecule is CCc1ccccc1NC(=O)C(C)(C)C(=O)NC1CCS(=O)(=O)C1. The Kier molecular flexibility index (Phi) is 5.32. The van der Waals surface area contributed by atoms with Gasteiger partial charge < -0.3 is 10.6 Å². The van der Waals surface area contributed by atoms with E-state index in [1.54, 1.807) is 6.07 Å². The van der Waals surface area contributed by atoms with Gasteiger partial charge in [0.1, 0.15) is 5.41 Å². The zero-order valence-corrected chi connectivity index (χ0v) is 15.1. The van der Waals surface area contributed by atoms with Crippen LogP contribution in [0.5, 0.6) is 0 Å². The molecule has 0 radical (unpaired) electrons. The largest absolute Gasteiger partial charge is 0.351 e. The number of sulfone groups is 1. The molecule has 0 saturated carbocycles. The Morgan fingerprint density at radius 3 is 2.46 bits per heavy atom. The van der Waals surface area contributed by atoms with Gasteiger partial charge in [-0.05, 0) is 38.3 Å². The van der Waals surface area contributed by atoms with Gasteiger partial charge in [0.05, 0.1) is 11.5 Å². The van der Waals surface area contributed by atoms with Gasteiger partial charge in [-0.1, -0.05) is 25.1 Å². The van der Waals surface area contributed by atoms with Crippen molar-refractivity contribution in [1.29, 1.82) is 0 Å². The zero-order valence-electron chi connectivity index (χ0n) is 14.3. The quantitative estimate of drug-likeness (QED) is 0.786. The number of anilines is 1. The van der Waals surface area contributed by atoms with Gasteiger partial charge >= 0.3 is 0 Å². The van der Waals surface area contributed by atoms with E-state index in [4.69, 9.17) is 0 Å². The first-order valence-corrected chi connectivity index (χ1v) is 9.88. The monoisotopic (exact) mass is 352 g/mol. The second-order valence-electron chi connectivity index (χ2n) is 6.66. The van der Waals surface area contributed by atoms with Crippen LogP contribution < -0.4 is 10.6 Å². The summed E-state index contributed by atoms with van der Waals surface area (Å²) in [4.78, 5) is 25.0. The number of benzene rings is 1. The average Bonchev–Trinajstić information content (AvgIpc) is 2.86. The molecule has 0 bridgehead atoms. The molecule has 1 aromatic rings. The summed E-state index contributed by atoms with van der Waals surface area (Å²) < 4.78 is 23.0. The highest BCUT2D eigenvalue weighted by atomic mass is 32.2. The molecule has 1 fully saturated rings. The van der Waals surface area contributed by atoms with Crippen molar-refractivity contribution in [2.75, 3.05) is 16.8 Å². The Bertz CT molecular complexity index is 741. The third-order valence-corrected chi connectivity index (χ3v) is 6.12. The molecule has 132 valence electrons. The molecule has 1 saturated heterocycles. The summed E-state index contributed by atoms with van der Waals surface area (Å²) in [6, 6.07) is 7.02. The van der Waals surface area contributed by atoms with Gasteiger partial charge in [-0.15, -0.1) is 0 Å². The van der Waals surface area contributed by atoms with E-state index in [-0.39, 0.29) is 11.5 Å². The molecule has 0 aromatic heterocycles. The van der Waals surface area contributed by atoms with Crippen LogP contribution in [0.25, 0.3) is 0 Å². The van der Waals surface area contributed by atoms with Gasteiger partial charge in [-0.3, -0.25) is 9.59 Å². The van der Waals surface area contributed by atoms with E-state index in [9.17, 15) is 18.0 Å². The Morgan fingerprint density at radius 1 is 1.21 bits per heavy atom. The first-order valence-electron chi connectivity index (χ1n) is 8.06. The van der Waals surface area contributed by atoms with Crippen molar-refractivity contribution < 1.29 is 18.0 Å². The van der Waals surface area contributed by atoms with E-state index in [0.717, 1.165) is 12.0 Å². The minimum atomic E-state index is -3.08. The maximum atomic E-state index is 12.6. The second-order valence-corrected chi connectivity index (χ2v) is 8.89. The number of aryl methyl sites for hydroxylation is 1. The van der Waals surface area contributed by atoms with Gasteiger partial charge in [0.2, 0.25) is 11.8 Å². The van der Waals surface area contributed by atoms with Crippen molar-refractivity contribution in [3.8, 4) is 0 Å². The molecule has 0 spiro atoms. The van der Waals surface area contributed by atoms with Crippen molar-refractivity contribution in [2.45, 2.75) is 39.7 Å². The van der Waals surface area contributed by atoms with Gasteiger partial charge in [0, 0.05) is 11.7 Å². The summed E-state index contributed by atoms with van der Waals surface area (Å²) in [5.74, 6) is -0.860. The maximum absolute atomic E-state index is 12.6. The lowest BCUT2D eigenvalue weighted by atomic mass is 9.90. The molecule has 1 aliphatic rings. The Balaban J connectivity index is 2.05. The number of carbonyl (C=O) groups excluding carboxylic acids is 2. The summed E-state index contributed by atoms with van der Waals surface area (Å²) in [6.07, 6.45) is 1.16. The number of amides is 2. The predicted molar refractivity (Wildman–Crippen MR) is 93.4 cm³/mol. The number of rotatable bonds is 5. The Hall–Kier alpha value is -1.89. The van der Waals surface area contributed by atoms with Crippen molar-refractivity contribution in [2.24, 2.45) is 5.41 Å². The second kappa shape index (κ2) is 6.93. The van der Waals surface area contributed by atoms with Crippen molar-refractivity contribution in [3.05, 3.63) is 29.8 Å². The topological polar surface area (TPSA) is 92.3 Å². The molecular weight excluding hydrogens is 328 g/mol. The van der Waals surface area contributed by atoms with Gasteiger partial charge in [0.25, 0.3) is 0 Å². The van der Waals surface area contributed by atoms with E-state index in [0.29, 0.717) is 12.1 Å². The molecule has 2 N–H and O–H groups in total. The molecular formula is C17H24N2O4S. The van der Waals surface area contributed by atoms with Gasteiger partial charge in [-0.25, -0.2) is 8.42 Å². The highest BCUT2D eigenvalue weighted by molar-refractivity contribution is 7.91. The predicted octanol–water partition coefficient (Wildman–Crippen LogP) is 1.52. The van der Waals surface area contributed by atoms with Crippen LogP contribution >= 0.6 is 0 Å². The molecule has 24 heavy (non-hydrogen) atoms. The summed E-state index contributed by atoms with van der Waals surface area (Å²) in [7, 11) is -3.08. The first kappa shape index (κ1) is 18.4. The van der Waals surface area contributed by atoms with Crippen LogP contribution in [0.15, 0.2) is 24.3 Å². The van der Waals surface area contributed by atoms with Crippen LogP contribution in [0.4, 0.5) is 5.69 Å². The lowest BCUT2D eigenvalue weighted by Gasteiger charge is -2.25. The molecule has 6 nitrogen and oxygen atoms in total. The average molecular weight is 352 g/mol. The highest BCUT2D eigenvalue weighted by Gasteiger charge is 2.39. The summed E-state index contributed by atoms with van der Waals surface area (Å²) >= 11 is 0. The summed E-state index contributed by atoms with van der Waals surface area (Å²) in [6.45, 7) is 5.06. The van der Waals surface area contributed by atoms with Crippen LogP contribution in [0.2, 0.25) is 0 Å². The van der Waals surface area contributed by atoms with Crippen LogP contribution in [0.3, 0.4) is 0 Å². The van der Waals surface area contributed by atoms with Gasteiger partial charge in [0.15, 0.2) is 9.84 Å². The zero-order chi connectivity index (χ0) is 18.0. The molecule has 1 unspecified atom stereocenters. The maximum Gasteiger partial charge on any atom is 0.239 e. The molecule has 1 aliphatic heterocycles. The van der Waals surface area contributed by atoms with Crippen LogP contribution in [0, 0.1) is 5.41 Å². The van der Waals surface area contributed by atoms with E-state index < -0.39 is 33.1 Å².